The monoisotopic (exact) mass is 321 g/mol. The van der Waals surface area contributed by atoms with E-state index in [4.69, 9.17) is 11.6 Å². The Balaban J connectivity index is 2.42. The van der Waals surface area contributed by atoms with Gasteiger partial charge >= 0.3 is 0 Å². The Bertz CT molecular complexity index is 695. The highest BCUT2D eigenvalue weighted by molar-refractivity contribution is 8.04. The normalized spacial score (nSPS) is 19.9. The van der Waals surface area contributed by atoms with Gasteiger partial charge in [0, 0.05) is 0 Å². The molecule has 0 aliphatic carbocycles. The lowest BCUT2D eigenvalue weighted by Gasteiger charge is -2.25. The minimum Gasteiger partial charge on any atom is -0.211 e. The van der Waals surface area contributed by atoms with Crippen LogP contribution in [-0.4, -0.2) is 38.1 Å². The number of rotatable bonds is 3. The Morgan fingerprint density at radius 3 is 2.42 bits per heavy atom. The summed E-state index contributed by atoms with van der Waals surface area (Å²) >= 11 is 5.33. The average molecular weight is 322 g/mol. The second-order valence-electron chi connectivity index (χ2n) is 4.03. The molecule has 8 heteroatoms. The lowest BCUT2D eigenvalue weighted by molar-refractivity contribution is 0.518. The van der Waals surface area contributed by atoms with E-state index < -0.39 is 25.3 Å². The van der Waals surface area contributed by atoms with Gasteiger partial charge in [0.05, 0.1) is 12.3 Å². The molecule has 0 saturated heterocycles. The van der Waals surface area contributed by atoms with Crippen LogP contribution in [0.4, 0.5) is 0 Å². The van der Waals surface area contributed by atoms with Gasteiger partial charge in [-0.15, -0.1) is 11.6 Å². The molecule has 2 rings (SSSR count). The van der Waals surface area contributed by atoms with Gasteiger partial charge < -0.3 is 0 Å². The van der Waals surface area contributed by atoms with Crippen molar-refractivity contribution >= 4 is 37.2 Å². The van der Waals surface area contributed by atoms with Crippen molar-refractivity contribution in [3.63, 3.8) is 0 Å². The Labute approximate surface area is 117 Å². The molecule has 0 saturated carbocycles. The van der Waals surface area contributed by atoms with Crippen LogP contribution in [0.5, 0.6) is 0 Å². The van der Waals surface area contributed by atoms with Gasteiger partial charge in [-0.2, -0.15) is 0 Å². The second-order valence-corrected chi connectivity index (χ2v) is 8.67. The molecule has 0 fully saturated rings. The topological polar surface area (TPSA) is 71.5 Å². The molecule has 1 aromatic carbocycles. The SMILES string of the molecule is O=S(=O)(CCl)N1CC(c2ccccc2)=CCS1(=O)=O. The first-order valence-corrected chi connectivity index (χ1v) is 9.16. The molecule has 0 atom stereocenters. The molecular formula is C11H12ClNO4S2. The van der Waals surface area contributed by atoms with Crippen molar-refractivity contribution in [2.24, 2.45) is 0 Å². The molecule has 104 valence electrons. The number of nitrogens with zero attached hydrogens (tertiary/aromatic N) is 1. The molecule has 0 spiro atoms. The maximum Gasteiger partial charge on any atom is 0.241 e. The number of alkyl halides is 1. The Kier molecular flexibility index (Phi) is 4.00. The van der Waals surface area contributed by atoms with Gasteiger partial charge in [0.25, 0.3) is 0 Å². The molecule has 0 amide bonds. The summed E-state index contributed by atoms with van der Waals surface area (Å²) in [5, 5.41) is -0.756. The summed E-state index contributed by atoms with van der Waals surface area (Å²) in [6.45, 7) is -0.207. The summed E-state index contributed by atoms with van der Waals surface area (Å²) < 4.78 is 47.6. The van der Waals surface area contributed by atoms with Crippen LogP contribution < -0.4 is 0 Å². The summed E-state index contributed by atoms with van der Waals surface area (Å²) in [6, 6.07) is 9.04. The Morgan fingerprint density at radius 1 is 1.21 bits per heavy atom. The highest BCUT2D eigenvalue weighted by Gasteiger charge is 2.36. The van der Waals surface area contributed by atoms with E-state index in [0.29, 0.717) is 9.28 Å². The highest BCUT2D eigenvalue weighted by atomic mass is 35.5. The van der Waals surface area contributed by atoms with Gasteiger partial charge in [-0.25, -0.2) is 16.8 Å². The third-order valence-electron chi connectivity index (χ3n) is 2.74. The molecule has 0 N–H and O–H groups in total. The van der Waals surface area contributed by atoms with E-state index in [-0.39, 0.29) is 12.3 Å². The molecular weight excluding hydrogens is 310 g/mol. The van der Waals surface area contributed by atoms with Crippen LogP contribution in [0.25, 0.3) is 5.57 Å². The summed E-state index contributed by atoms with van der Waals surface area (Å²) in [7, 11) is -7.85. The van der Waals surface area contributed by atoms with E-state index in [1.807, 2.05) is 6.07 Å². The van der Waals surface area contributed by atoms with Crippen LogP contribution in [0.15, 0.2) is 36.4 Å². The minimum atomic E-state index is -4.00. The number of benzene rings is 1. The lowest BCUT2D eigenvalue weighted by Crippen LogP contribution is -2.42. The fraction of sp³-hybridized carbons (Fsp3) is 0.273. The smallest absolute Gasteiger partial charge is 0.211 e. The Hall–Kier alpha value is -0.890. The number of hydrogen-bond donors (Lipinski definition) is 0. The summed E-state index contributed by atoms with van der Waals surface area (Å²) in [5.74, 6) is -0.340. The van der Waals surface area contributed by atoms with Crippen LogP contribution in [0.2, 0.25) is 0 Å². The van der Waals surface area contributed by atoms with E-state index in [9.17, 15) is 16.8 Å². The van der Waals surface area contributed by atoms with Crippen molar-refractivity contribution in [2.75, 3.05) is 17.5 Å². The van der Waals surface area contributed by atoms with Crippen LogP contribution in [-0.2, 0) is 20.0 Å². The van der Waals surface area contributed by atoms with Gasteiger partial charge in [0.1, 0.15) is 5.21 Å². The zero-order chi connectivity index (χ0) is 14.1. The van der Waals surface area contributed by atoms with Gasteiger partial charge in [0.2, 0.25) is 20.0 Å². The first-order valence-electron chi connectivity index (χ1n) is 5.40. The van der Waals surface area contributed by atoms with Crippen LogP contribution in [0, 0.1) is 0 Å². The van der Waals surface area contributed by atoms with E-state index in [0.717, 1.165) is 5.56 Å². The van der Waals surface area contributed by atoms with Crippen molar-refractivity contribution in [2.45, 2.75) is 0 Å². The van der Waals surface area contributed by atoms with E-state index in [2.05, 4.69) is 0 Å². The molecule has 1 aliphatic rings. The third kappa shape index (κ3) is 3.00. The molecule has 0 bridgehead atoms. The molecule has 0 radical (unpaired) electrons. The van der Waals surface area contributed by atoms with E-state index >= 15 is 0 Å². The predicted octanol–water partition coefficient (Wildman–Crippen LogP) is 1.24. The van der Waals surface area contributed by atoms with Crippen molar-refractivity contribution in [3.8, 4) is 0 Å². The molecule has 1 aromatic rings. The van der Waals surface area contributed by atoms with E-state index in [1.54, 1.807) is 24.3 Å². The molecule has 0 aromatic heterocycles. The van der Waals surface area contributed by atoms with Crippen molar-refractivity contribution in [3.05, 3.63) is 42.0 Å². The van der Waals surface area contributed by atoms with Crippen molar-refractivity contribution in [1.29, 1.82) is 0 Å². The summed E-state index contributed by atoms with van der Waals surface area (Å²) in [4.78, 5) is 0. The zero-order valence-electron chi connectivity index (χ0n) is 9.86. The maximum absolute atomic E-state index is 11.8. The van der Waals surface area contributed by atoms with Gasteiger partial charge in [0.15, 0.2) is 0 Å². The molecule has 1 heterocycles. The molecule has 0 unspecified atom stereocenters. The minimum absolute atomic E-state index is 0.207. The third-order valence-corrected chi connectivity index (χ3v) is 7.30. The van der Waals surface area contributed by atoms with Gasteiger partial charge in [-0.3, -0.25) is 0 Å². The van der Waals surface area contributed by atoms with Crippen LogP contribution in [0.1, 0.15) is 5.56 Å². The van der Waals surface area contributed by atoms with Gasteiger partial charge in [-0.05, 0) is 11.1 Å². The zero-order valence-corrected chi connectivity index (χ0v) is 12.2. The maximum atomic E-state index is 11.8. The standard InChI is InChI=1S/C11H12ClNO4S2/c12-9-19(16,17)13-8-11(6-7-18(13,14)15)10-4-2-1-3-5-10/h1-6H,7-9H2. The van der Waals surface area contributed by atoms with Crippen LogP contribution >= 0.6 is 11.6 Å². The Morgan fingerprint density at radius 2 is 1.84 bits per heavy atom. The fourth-order valence-electron chi connectivity index (χ4n) is 1.78. The van der Waals surface area contributed by atoms with Crippen molar-refractivity contribution in [1.82, 2.24) is 3.71 Å². The number of sulfonamides is 2. The second kappa shape index (κ2) is 5.24. The average Bonchev–Trinajstić information content (AvgIpc) is 2.39. The van der Waals surface area contributed by atoms with Gasteiger partial charge in [-0.1, -0.05) is 40.1 Å². The first kappa shape index (κ1) is 14.5. The molecule has 1 aliphatic heterocycles. The predicted molar refractivity (Wildman–Crippen MR) is 74.6 cm³/mol. The quantitative estimate of drug-likeness (QED) is 0.785. The fourth-order valence-corrected chi connectivity index (χ4v) is 5.39. The van der Waals surface area contributed by atoms with Crippen LogP contribution in [0.3, 0.4) is 0 Å². The van der Waals surface area contributed by atoms with Crippen molar-refractivity contribution < 1.29 is 16.8 Å². The summed E-state index contributed by atoms with van der Waals surface area (Å²) in [6.07, 6.45) is 1.53. The first-order chi connectivity index (χ1) is 8.87. The summed E-state index contributed by atoms with van der Waals surface area (Å²) in [5.41, 5.74) is 1.45. The number of halogens is 1. The highest BCUT2D eigenvalue weighted by Crippen LogP contribution is 2.25. The lowest BCUT2D eigenvalue weighted by atomic mass is 10.1. The number of hydrogen-bond acceptors (Lipinski definition) is 4. The van der Waals surface area contributed by atoms with E-state index in [1.165, 1.54) is 6.08 Å². The molecule has 19 heavy (non-hydrogen) atoms. The largest absolute Gasteiger partial charge is 0.241 e. The molecule has 5 nitrogen and oxygen atoms in total.